The van der Waals surface area contributed by atoms with E-state index in [4.69, 9.17) is 4.74 Å². The number of halogens is 3. The van der Waals surface area contributed by atoms with Crippen LogP contribution >= 0.6 is 15.9 Å². The van der Waals surface area contributed by atoms with Crippen molar-refractivity contribution < 1.29 is 28.2 Å². The first kappa shape index (κ1) is 20.1. The molecule has 25 heavy (non-hydrogen) atoms. The minimum Gasteiger partial charge on any atom is -0.490 e. The largest absolute Gasteiger partial charge is 0.490 e. The Hall–Kier alpha value is -1.21. The number of aliphatic hydroxyl groups excluding tert-OH is 1. The number of hydrogen-bond donors (Lipinski definition) is 1. The molecule has 1 unspecified atom stereocenters. The molecule has 1 aliphatic carbocycles. The smallest absolute Gasteiger partial charge is 0.379 e. The summed E-state index contributed by atoms with van der Waals surface area (Å²) in [7, 11) is 0. The summed E-state index contributed by atoms with van der Waals surface area (Å²) in [5, 5.41) is 9.96. The lowest BCUT2D eigenvalue weighted by Gasteiger charge is -2.34. The van der Waals surface area contributed by atoms with Gasteiger partial charge < -0.3 is 14.6 Å². The second-order valence-electron chi connectivity index (χ2n) is 6.31. The molecule has 2 rings (SSSR count). The normalized spacial score (nSPS) is 22.3. The lowest BCUT2D eigenvalue weighted by molar-refractivity contribution is -0.195. The zero-order valence-electron chi connectivity index (χ0n) is 14.3. The van der Waals surface area contributed by atoms with Gasteiger partial charge in [-0.2, -0.15) is 8.78 Å². The van der Waals surface area contributed by atoms with Gasteiger partial charge in [-0.05, 0) is 57.6 Å². The van der Waals surface area contributed by atoms with Crippen LogP contribution in [-0.2, 0) is 9.53 Å². The van der Waals surface area contributed by atoms with Gasteiger partial charge in [0.05, 0.1) is 12.7 Å². The van der Waals surface area contributed by atoms with Crippen LogP contribution in [-0.4, -0.2) is 35.8 Å². The summed E-state index contributed by atoms with van der Waals surface area (Å²) in [5.74, 6) is -5.43. The number of aliphatic hydroxyl groups is 1. The third kappa shape index (κ3) is 4.70. The van der Waals surface area contributed by atoms with E-state index in [0.717, 1.165) is 15.8 Å². The maximum atomic E-state index is 14.0. The van der Waals surface area contributed by atoms with E-state index >= 15 is 0 Å². The molecule has 1 N–H and O–H groups in total. The third-order valence-electron chi connectivity index (χ3n) is 4.60. The Balaban J connectivity index is 1.92. The fourth-order valence-electron chi connectivity index (χ4n) is 3.06. The highest BCUT2D eigenvalue weighted by atomic mass is 79.9. The predicted octanol–water partition coefficient (Wildman–Crippen LogP) is 4.25. The molecule has 0 aromatic heterocycles. The molecule has 0 heterocycles. The van der Waals surface area contributed by atoms with Gasteiger partial charge in [0.2, 0.25) is 0 Å². The van der Waals surface area contributed by atoms with Gasteiger partial charge in [0.1, 0.15) is 11.9 Å². The Kier molecular flexibility index (Phi) is 6.79. The van der Waals surface area contributed by atoms with Gasteiger partial charge in [-0.25, -0.2) is 4.79 Å². The molecule has 1 fully saturated rings. The van der Waals surface area contributed by atoms with Crippen molar-refractivity contribution in [3.05, 3.63) is 28.2 Å². The lowest BCUT2D eigenvalue weighted by Crippen LogP contribution is -2.48. The average Bonchev–Trinajstić information content (AvgIpc) is 2.59. The Morgan fingerprint density at radius 3 is 2.60 bits per heavy atom. The standard InChI is InChI=1S/C18H23BrF2O4/c1-3-24-17(23)18(20,21)16(22)12-7-9-13(10-8-12)25-15-6-4-5-14(19)11(15)2/h4-6,12-13,16,22H,3,7-10H2,1-2H3. The summed E-state index contributed by atoms with van der Waals surface area (Å²) in [5.41, 5.74) is 0.985. The Morgan fingerprint density at radius 1 is 1.36 bits per heavy atom. The molecule has 0 saturated heterocycles. The van der Waals surface area contributed by atoms with Crippen LogP contribution in [0.5, 0.6) is 5.75 Å². The van der Waals surface area contributed by atoms with Crippen molar-refractivity contribution in [2.24, 2.45) is 5.92 Å². The maximum Gasteiger partial charge on any atom is 0.379 e. The van der Waals surface area contributed by atoms with Gasteiger partial charge in [0, 0.05) is 10.0 Å². The number of hydrogen-bond acceptors (Lipinski definition) is 4. The molecule has 7 heteroatoms. The molecule has 140 valence electrons. The zero-order chi connectivity index (χ0) is 18.6. The number of carbonyl (C=O) groups excluding carboxylic acids is 1. The predicted molar refractivity (Wildman–Crippen MR) is 92.8 cm³/mol. The van der Waals surface area contributed by atoms with E-state index in [-0.39, 0.29) is 12.7 Å². The second kappa shape index (κ2) is 8.45. The first-order chi connectivity index (χ1) is 11.8. The summed E-state index contributed by atoms with van der Waals surface area (Å²) in [6.45, 7) is 3.25. The van der Waals surface area contributed by atoms with Crippen molar-refractivity contribution in [1.82, 2.24) is 0 Å². The van der Waals surface area contributed by atoms with E-state index in [2.05, 4.69) is 20.7 Å². The van der Waals surface area contributed by atoms with Gasteiger partial charge in [-0.1, -0.05) is 22.0 Å². The van der Waals surface area contributed by atoms with Gasteiger partial charge in [0.15, 0.2) is 0 Å². The topological polar surface area (TPSA) is 55.8 Å². The van der Waals surface area contributed by atoms with Crippen molar-refractivity contribution in [1.29, 1.82) is 0 Å². The van der Waals surface area contributed by atoms with E-state index in [9.17, 15) is 18.7 Å². The van der Waals surface area contributed by atoms with E-state index in [1.807, 2.05) is 25.1 Å². The number of carbonyl (C=O) groups is 1. The summed E-state index contributed by atoms with van der Waals surface area (Å²) in [4.78, 5) is 11.4. The van der Waals surface area contributed by atoms with E-state index in [1.165, 1.54) is 6.92 Å². The first-order valence-electron chi connectivity index (χ1n) is 8.42. The molecule has 1 saturated carbocycles. The summed E-state index contributed by atoms with van der Waals surface area (Å²) >= 11 is 3.45. The number of esters is 1. The Morgan fingerprint density at radius 2 is 2.00 bits per heavy atom. The van der Waals surface area contributed by atoms with Gasteiger partial charge >= 0.3 is 11.9 Å². The molecule has 0 aliphatic heterocycles. The molecule has 4 nitrogen and oxygen atoms in total. The molecular weight excluding hydrogens is 398 g/mol. The number of rotatable bonds is 6. The van der Waals surface area contributed by atoms with Crippen molar-refractivity contribution in [3.63, 3.8) is 0 Å². The quantitative estimate of drug-likeness (QED) is 0.698. The highest BCUT2D eigenvalue weighted by molar-refractivity contribution is 9.10. The fourth-order valence-corrected chi connectivity index (χ4v) is 3.41. The van der Waals surface area contributed by atoms with Gasteiger partial charge in [0.25, 0.3) is 0 Å². The highest BCUT2D eigenvalue weighted by Gasteiger charge is 2.51. The molecule has 1 aromatic carbocycles. The first-order valence-corrected chi connectivity index (χ1v) is 9.21. The van der Waals surface area contributed by atoms with Crippen LogP contribution in [0, 0.1) is 12.8 Å². The lowest BCUT2D eigenvalue weighted by atomic mass is 9.81. The molecule has 0 amide bonds. The summed E-state index contributed by atoms with van der Waals surface area (Å²) in [6, 6.07) is 5.67. The summed E-state index contributed by atoms with van der Waals surface area (Å²) < 4.78 is 39.2. The van der Waals surface area contributed by atoms with Crippen molar-refractivity contribution in [2.75, 3.05) is 6.61 Å². The van der Waals surface area contributed by atoms with Crippen LogP contribution in [0.15, 0.2) is 22.7 Å². The zero-order valence-corrected chi connectivity index (χ0v) is 15.9. The SMILES string of the molecule is CCOC(=O)C(F)(F)C(O)C1CCC(Oc2cccc(Br)c2C)CC1. The van der Waals surface area contributed by atoms with Gasteiger partial charge in [-0.15, -0.1) is 0 Å². The molecule has 1 aliphatic rings. The van der Waals surface area contributed by atoms with E-state index in [0.29, 0.717) is 25.7 Å². The molecule has 1 aromatic rings. The average molecular weight is 421 g/mol. The number of benzene rings is 1. The summed E-state index contributed by atoms with van der Waals surface area (Å²) in [6.07, 6.45) is -0.284. The molecule has 0 spiro atoms. The molecular formula is C18H23BrF2O4. The van der Waals surface area contributed by atoms with Crippen LogP contribution in [0.2, 0.25) is 0 Å². The molecule has 0 bridgehead atoms. The maximum absolute atomic E-state index is 14.0. The Labute approximate surface area is 154 Å². The van der Waals surface area contributed by atoms with E-state index < -0.39 is 23.9 Å². The van der Waals surface area contributed by atoms with Crippen LogP contribution in [0.4, 0.5) is 8.78 Å². The van der Waals surface area contributed by atoms with Crippen molar-refractivity contribution >= 4 is 21.9 Å². The van der Waals surface area contributed by atoms with Gasteiger partial charge in [-0.3, -0.25) is 0 Å². The van der Waals surface area contributed by atoms with E-state index in [1.54, 1.807) is 0 Å². The Bertz CT molecular complexity index is 601. The van der Waals surface area contributed by atoms with Crippen molar-refractivity contribution in [2.45, 2.75) is 57.7 Å². The van der Waals surface area contributed by atoms with Crippen molar-refractivity contribution in [3.8, 4) is 5.75 Å². The third-order valence-corrected chi connectivity index (χ3v) is 5.46. The second-order valence-corrected chi connectivity index (χ2v) is 7.16. The fraction of sp³-hybridized carbons (Fsp3) is 0.611. The van der Waals surface area contributed by atoms with Crippen LogP contribution < -0.4 is 4.74 Å². The number of alkyl halides is 2. The van der Waals surface area contributed by atoms with Crippen LogP contribution in [0.1, 0.15) is 38.2 Å². The minimum absolute atomic E-state index is 0.0901. The van der Waals surface area contributed by atoms with Crippen LogP contribution in [0.25, 0.3) is 0 Å². The highest BCUT2D eigenvalue weighted by Crippen LogP contribution is 2.36. The van der Waals surface area contributed by atoms with Crippen LogP contribution in [0.3, 0.4) is 0 Å². The molecule has 1 atom stereocenters. The molecule has 0 radical (unpaired) electrons. The number of ether oxygens (including phenoxy) is 2. The minimum atomic E-state index is -3.88. The monoisotopic (exact) mass is 420 g/mol.